The van der Waals surface area contributed by atoms with Crippen molar-refractivity contribution in [2.45, 2.75) is 39.8 Å². The first-order valence-corrected chi connectivity index (χ1v) is 12.3. The number of urea groups is 1. The molecule has 2 aliphatic heterocycles. The summed E-state index contributed by atoms with van der Waals surface area (Å²) in [6, 6.07) is 7.76. The molecule has 34 heavy (non-hydrogen) atoms. The lowest BCUT2D eigenvalue weighted by Crippen LogP contribution is -2.45. The van der Waals surface area contributed by atoms with Crippen LogP contribution in [-0.2, 0) is 22.4 Å². The topological polar surface area (TPSA) is 91.9 Å². The van der Waals surface area contributed by atoms with E-state index in [0.29, 0.717) is 25.6 Å². The number of nitrogens with zero attached hydrogens (tertiary/aromatic N) is 4. The van der Waals surface area contributed by atoms with Crippen LogP contribution in [0.2, 0.25) is 0 Å². The Balaban J connectivity index is 1.63. The summed E-state index contributed by atoms with van der Waals surface area (Å²) < 4.78 is 11.3. The third-order valence-corrected chi connectivity index (χ3v) is 6.26. The highest BCUT2D eigenvalue weighted by atomic mass is 16.5. The Morgan fingerprint density at radius 3 is 2.76 bits per heavy atom. The molecule has 1 aromatic heterocycles. The van der Waals surface area contributed by atoms with E-state index < -0.39 is 0 Å². The molecule has 9 nitrogen and oxygen atoms in total. The molecule has 4 rings (SSSR count). The number of rotatable bonds is 8. The number of hydrogen-bond acceptors (Lipinski definition) is 7. The van der Waals surface area contributed by atoms with Crippen LogP contribution < -0.4 is 15.5 Å². The largest absolute Gasteiger partial charge is 0.380 e. The van der Waals surface area contributed by atoms with Gasteiger partial charge < -0.3 is 25.0 Å². The summed E-state index contributed by atoms with van der Waals surface area (Å²) in [6.07, 6.45) is 0.927. The average Bonchev–Trinajstić information content (AvgIpc) is 2.84. The molecule has 2 amide bonds. The molecule has 0 saturated carbocycles. The molecular formula is C25H36N6O3. The molecule has 2 aliphatic rings. The molecule has 1 saturated heterocycles. The summed E-state index contributed by atoms with van der Waals surface area (Å²) in [6.45, 7) is 13.1. The van der Waals surface area contributed by atoms with Crippen molar-refractivity contribution in [2.24, 2.45) is 0 Å². The maximum absolute atomic E-state index is 11.8. The van der Waals surface area contributed by atoms with Crippen LogP contribution >= 0.6 is 0 Å². The zero-order valence-electron chi connectivity index (χ0n) is 20.5. The third-order valence-electron chi connectivity index (χ3n) is 6.26. The maximum atomic E-state index is 11.8. The van der Waals surface area contributed by atoms with E-state index in [-0.39, 0.29) is 12.1 Å². The van der Waals surface area contributed by atoms with Crippen molar-refractivity contribution in [1.29, 1.82) is 0 Å². The molecule has 0 bridgehead atoms. The number of aromatic nitrogens is 2. The minimum Gasteiger partial charge on any atom is -0.380 e. The molecule has 0 unspecified atom stereocenters. The summed E-state index contributed by atoms with van der Waals surface area (Å²) in [5.74, 6) is 1.74. The van der Waals surface area contributed by atoms with Gasteiger partial charge in [-0.2, -0.15) is 0 Å². The molecule has 0 spiro atoms. The number of morpholine rings is 1. The highest BCUT2D eigenvalue weighted by Crippen LogP contribution is 2.31. The molecule has 9 heteroatoms. The van der Waals surface area contributed by atoms with Gasteiger partial charge in [-0.25, -0.2) is 14.8 Å². The van der Waals surface area contributed by atoms with Crippen molar-refractivity contribution in [3.63, 3.8) is 0 Å². The summed E-state index contributed by atoms with van der Waals surface area (Å²) in [7, 11) is 0. The smallest absolute Gasteiger partial charge is 0.319 e. The number of carbonyl (C=O) groups is 1. The van der Waals surface area contributed by atoms with Crippen LogP contribution in [-0.4, -0.2) is 79.5 Å². The predicted molar refractivity (Wildman–Crippen MR) is 133 cm³/mol. The first-order valence-electron chi connectivity index (χ1n) is 12.3. The van der Waals surface area contributed by atoms with Crippen molar-refractivity contribution >= 4 is 17.5 Å². The van der Waals surface area contributed by atoms with E-state index in [2.05, 4.69) is 27.4 Å². The molecular weight excluding hydrogens is 432 g/mol. The molecule has 1 fully saturated rings. The zero-order valence-corrected chi connectivity index (χ0v) is 20.5. The fraction of sp³-hybridized carbons (Fsp3) is 0.560. The quantitative estimate of drug-likeness (QED) is 0.576. The zero-order chi connectivity index (χ0) is 23.9. The number of hydrogen-bond donors (Lipinski definition) is 2. The Bertz CT molecular complexity index is 968. The number of fused-ring (bicyclic) bond motifs is 1. The highest BCUT2D eigenvalue weighted by Gasteiger charge is 2.28. The van der Waals surface area contributed by atoms with E-state index >= 15 is 0 Å². The van der Waals surface area contributed by atoms with Crippen LogP contribution in [0.3, 0.4) is 0 Å². The van der Waals surface area contributed by atoms with Crippen LogP contribution in [0, 0.1) is 0 Å². The molecule has 0 radical (unpaired) electrons. The van der Waals surface area contributed by atoms with Crippen molar-refractivity contribution < 1.29 is 14.3 Å². The maximum Gasteiger partial charge on any atom is 0.319 e. The lowest BCUT2D eigenvalue weighted by Gasteiger charge is -2.37. The van der Waals surface area contributed by atoms with Crippen molar-refractivity contribution in [2.75, 3.05) is 62.8 Å². The fourth-order valence-electron chi connectivity index (χ4n) is 4.44. The van der Waals surface area contributed by atoms with Gasteiger partial charge in [0.2, 0.25) is 0 Å². The first kappa shape index (κ1) is 24.4. The Labute approximate surface area is 201 Å². The van der Waals surface area contributed by atoms with Crippen LogP contribution in [0.5, 0.6) is 0 Å². The SMILES string of the molecule is CCNC(=O)Nc1ccc(-c2nc3c(c(N4CCOC[C@@H]4C)n2)CCN(CCOCC)C3)cc1. The summed E-state index contributed by atoms with van der Waals surface area (Å²) in [4.78, 5) is 26.7. The number of nitrogens with one attached hydrogen (secondary N) is 2. The third kappa shape index (κ3) is 5.84. The number of anilines is 2. The summed E-state index contributed by atoms with van der Waals surface area (Å²) in [5, 5.41) is 5.58. The number of benzene rings is 1. The van der Waals surface area contributed by atoms with Crippen LogP contribution in [0.25, 0.3) is 11.4 Å². The second kappa shape index (κ2) is 11.6. The van der Waals surface area contributed by atoms with E-state index in [1.54, 1.807) is 0 Å². The van der Waals surface area contributed by atoms with Crippen molar-refractivity contribution in [3.05, 3.63) is 35.5 Å². The second-order valence-electron chi connectivity index (χ2n) is 8.70. The molecule has 184 valence electrons. The van der Waals surface area contributed by atoms with Crippen LogP contribution in [0.15, 0.2) is 24.3 Å². The van der Waals surface area contributed by atoms with E-state index in [0.717, 1.165) is 68.6 Å². The van der Waals surface area contributed by atoms with E-state index in [1.165, 1.54) is 5.56 Å². The highest BCUT2D eigenvalue weighted by molar-refractivity contribution is 5.89. The van der Waals surface area contributed by atoms with E-state index in [1.807, 2.05) is 38.1 Å². The lowest BCUT2D eigenvalue weighted by molar-refractivity contribution is 0.0979. The monoisotopic (exact) mass is 468 g/mol. The van der Waals surface area contributed by atoms with Crippen molar-refractivity contribution in [3.8, 4) is 11.4 Å². The average molecular weight is 469 g/mol. The minimum absolute atomic E-state index is 0.212. The molecule has 3 heterocycles. The van der Waals surface area contributed by atoms with Gasteiger partial charge in [0, 0.05) is 56.1 Å². The number of carbonyl (C=O) groups excluding carboxylic acids is 1. The molecule has 1 aromatic carbocycles. The van der Waals surface area contributed by atoms with Crippen LogP contribution in [0.1, 0.15) is 32.0 Å². The van der Waals surface area contributed by atoms with E-state index in [9.17, 15) is 4.79 Å². The summed E-state index contributed by atoms with van der Waals surface area (Å²) >= 11 is 0. The number of amides is 2. The van der Waals surface area contributed by atoms with Gasteiger partial charge in [-0.3, -0.25) is 4.90 Å². The van der Waals surface area contributed by atoms with Gasteiger partial charge in [-0.1, -0.05) is 0 Å². The fourth-order valence-corrected chi connectivity index (χ4v) is 4.44. The lowest BCUT2D eigenvalue weighted by atomic mass is 10.0. The normalized spacial score (nSPS) is 18.4. The number of ether oxygens (including phenoxy) is 2. The Morgan fingerprint density at radius 1 is 1.21 bits per heavy atom. The van der Waals surface area contributed by atoms with Gasteiger partial charge in [0.25, 0.3) is 0 Å². The van der Waals surface area contributed by atoms with Gasteiger partial charge in [0.05, 0.1) is 31.6 Å². The van der Waals surface area contributed by atoms with Gasteiger partial charge >= 0.3 is 6.03 Å². The molecule has 2 aromatic rings. The van der Waals surface area contributed by atoms with Crippen LogP contribution in [0.4, 0.5) is 16.3 Å². The predicted octanol–water partition coefficient (Wildman–Crippen LogP) is 2.90. The van der Waals surface area contributed by atoms with Crippen molar-refractivity contribution in [1.82, 2.24) is 20.2 Å². The second-order valence-corrected chi connectivity index (χ2v) is 8.70. The minimum atomic E-state index is -0.212. The van der Waals surface area contributed by atoms with Gasteiger partial charge in [0.15, 0.2) is 5.82 Å². The molecule has 2 N–H and O–H groups in total. The Morgan fingerprint density at radius 2 is 2.03 bits per heavy atom. The van der Waals surface area contributed by atoms with Gasteiger partial charge in [-0.15, -0.1) is 0 Å². The summed E-state index contributed by atoms with van der Waals surface area (Å²) in [5.41, 5.74) is 4.00. The van der Waals surface area contributed by atoms with E-state index in [4.69, 9.17) is 19.4 Å². The Kier molecular flexibility index (Phi) is 8.31. The van der Waals surface area contributed by atoms with Gasteiger partial charge in [-0.05, 0) is 51.5 Å². The molecule has 1 atom stereocenters. The first-order chi connectivity index (χ1) is 16.6. The standard InChI is InChI=1S/C25H36N6O3/c1-4-26-25(32)27-20-8-6-19(7-9-20)23-28-22-16-30(12-14-33-5-2)11-10-21(22)24(29-23)31-13-15-34-17-18(31)3/h6-9,18H,4-5,10-17H2,1-3H3,(H2,26,27,32)/t18-/m0/s1. The van der Waals surface area contributed by atoms with Gasteiger partial charge in [0.1, 0.15) is 5.82 Å². The molecule has 0 aliphatic carbocycles. The Hall–Kier alpha value is -2.75.